The van der Waals surface area contributed by atoms with E-state index in [-0.39, 0.29) is 12.3 Å². The van der Waals surface area contributed by atoms with Crippen molar-refractivity contribution in [1.82, 2.24) is 4.90 Å². The Morgan fingerprint density at radius 2 is 2.00 bits per heavy atom. The second-order valence-corrected chi connectivity index (χ2v) is 4.95. The quantitative estimate of drug-likeness (QED) is 0.800. The Kier molecular flexibility index (Phi) is 6.08. The molecule has 1 aromatic rings. The van der Waals surface area contributed by atoms with Gasteiger partial charge >= 0.3 is 0 Å². The maximum atomic E-state index is 11.8. The fourth-order valence-corrected chi connectivity index (χ4v) is 1.92. The van der Waals surface area contributed by atoms with Gasteiger partial charge in [0.05, 0.1) is 12.6 Å². The minimum Gasteiger partial charge on any atom is -0.492 e. The molecule has 20 heavy (non-hydrogen) atoms. The van der Waals surface area contributed by atoms with E-state index < -0.39 is 6.04 Å². The maximum Gasteiger partial charge on any atom is 0.240 e. The SMILES string of the molecule is C#CCC(N)C(=O)N(C)CCOc1cc(C)cc(C)c1. The lowest BCUT2D eigenvalue weighted by Crippen LogP contribution is -2.43. The predicted molar refractivity (Wildman–Crippen MR) is 80.5 cm³/mol. The van der Waals surface area contributed by atoms with E-state index in [1.165, 1.54) is 0 Å². The van der Waals surface area contributed by atoms with E-state index in [1.54, 1.807) is 11.9 Å². The highest BCUT2D eigenvalue weighted by Gasteiger charge is 2.16. The van der Waals surface area contributed by atoms with Gasteiger partial charge in [-0.2, -0.15) is 0 Å². The average molecular weight is 274 g/mol. The number of carbonyl (C=O) groups excluding carboxylic acids is 1. The molecule has 1 atom stereocenters. The molecule has 0 fully saturated rings. The molecule has 0 bridgehead atoms. The van der Waals surface area contributed by atoms with E-state index >= 15 is 0 Å². The molecule has 0 aromatic heterocycles. The molecular formula is C16H22N2O2. The number of hydrogen-bond donors (Lipinski definition) is 1. The van der Waals surface area contributed by atoms with Gasteiger partial charge in [-0.15, -0.1) is 12.3 Å². The van der Waals surface area contributed by atoms with Gasteiger partial charge < -0.3 is 15.4 Å². The zero-order valence-corrected chi connectivity index (χ0v) is 12.3. The van der Waals surface area contributed by atoms with Crippen LogP contribution in [0.3, 0.4) is 0 Å². The molecule has 1 rings (SSSR count). The molecule has 0 heterocycles. The van der Waals surface area contributed by atoms with Gasteiger partial charge in [0, 0.05) is 13.5 Å². The number of ether oxygens (including phenoxy) is 1. The van der Waals surface area contributed by atoms with E-state index in [2.05, 4.69) is 12.0 Å². The largest absolute Gasteiger partial charge is 0.492 e. The zero-order chi connectivity index (χ0) is 15.1. The lowest BCUT2D eigenvalue weighted by molar-refractivity contribution is -0.131. The number of benzene rings is 1. The summed E-state index contributed by atoms with van der Waals surface area (Å²) in [5, 5.41) is 0. The average Bonchev–Trinajstić information content (AvgIpc) is 2.36. The van der Waals surface area contributed by atoms with E-state index in [9.17, 15) is 4.79 Å². The van der Waals surface area contributed by atoms with Crippen molar-refractivity contribution in [3.8, 4) is 18.1 Å². The first-order valence-corrected chi connectivity index (χ1v) is 6.59. The molecule has 0 aliphatic carbocycles. The molecule has 0 aliphatic rings. The van der Waals surface area contributed by atoms with Gasteiger partial charge in [-0.3, -0.25) is 4.79 Å². The molecule has 0 saturated heterocycles. The van der Waals surface area contributed by atoms with Crippen molar-refractivity contribution in [2.45, 2.75) is 26.3 Å². The van der Waals surface area contributed by atoms with Gasteiger partial charge in [-0.25, -0.2) is 0 Å². The van der Waals surface area contributed by atoms with Crippen LogP contribution < -0.4 is 10.5 Å². The third kappa shape index (κ3) is 4.94. The molecule has 0 radical (unpaired) electrons. The molecule has 4 nitrogen and oxygen atoms in total. The molecule has 0 aliphatic heterocycles. The number of hydrogen-bond acceptors (Lipinski definition) is 3. The van der Waals surface area contributed by atoms with Gasteiger partial charge in [0.25, 0.3) is 0 Å². The van der Waals surface area contributed by atoms with Crippen LogP contribution in [0.25, 0.3) is 0 Å². The van der Waals surface area contributed by atoms with Crippen molar-refractivity contribution in [3.05, 3.63) is 29.3 Å². The summed E-state index contributed by atoms with van der Waals surface area (Å²) in [6, 6.07) is 5.39. The van der Waals surface area contributed by atoms with Crippen LogP contribution in [-0.4, -0.2) is 37.0 Å². The Morgan fingerprint density at radius 3 is 2.55 bits per heavy atom. The van der Waals surface area contributed by atoms with Crippen molar-refractivity contribution in [1.29, 1.82) is 0 Å². The van der Waals surface area contributed by atoms with Crippen LogP contribution >= 0.6 is 0 Å². The normalized spacial score (nSPS) is 11.6. The molecule has 0 saturated carbocycles. The molecule has 1 aromatic carbocycles. The van der Waals surface area contributed by atoms with E-state index in [4.69, 9.17) is 16.9 Å². The van der Waals surface area contributed by atoms with Gasteiger partial charge in [0.15, 0.2) is 0 Å². The van der Waals surface area contributed by atoms with Crippen LogP contribution in [0.4, 0.5) is 0 Å². The topological polar surface area (TPSA) is 55.6 Å². The van der Waals surface area contributed by atoms with Crippen molar-refractivity contribution in [2.24, 2.45) is 5.73 Å². The summed E-state index contributed by atoms with van der Waals surface area (Å²) in [6.07, 6.45) is 5.40. The number of amides is 1. The van der Waals surface area contributed by atoms with Crippen LogP contribution in [0.2, 0.25) is 0 Å². The molecule has 1 amide bonds. The van der Waals surface area contributed by atoms with Crippen LogP contribution in [0, 0.1) is 26.2 Å². The maximum absolute atomic E-state index is 11.8. The minimum absolute atomic E-state index is 0.160. The van der Waals surface area contributed by atoms with Crippen LogP contribution in [0.1, 0.15) is 17.5 Å². The number of likely N-dealkylation sites (N-methyl/N-ethyl adjacent to an activating group) is 1. The first-order chi connectivity index (χ1) is 9.43. The molecule has 108 valence electrons. The molecule has 4 heteroatoms. The molecule has 0 spiro atoms. The number of aryl methyl sites for hydroxylation is 2. The van der Waals surface area contributed by atoms with Crippen molar-refractivity contribution >= 4 is 5.91 Å². The lowest BCUT2D eigenvalue weighted by atomic mass is 10.1. The highest BCUT2D eigenvalue weighted by molar-refractivity contribution is 5.81. The summed E-state index contributed by atoms with van der Waals surface area (Å²) in [5.41, 5.74) is 7.98. The van der Waals surface area contributed by atoms with Gasteiger partial charge in [-0.1, -0.05) is 6.07 Å². The summed E-state index contributed by atoms with van der Waals surface area (Å²) in [5.74, 6) is 3.05. The highest BCUT2D eigenvalue weighted by atomic mass is 16.5. The molecule has 1 unspecified atom stereocenters. The van der Waals surface area contributed by atoms with E-state index in [1.807, 2.05) is 26.0 Å². The summed E-state index contributed by atoms with van der Waals surface area (Å²) < 4.78 is 5.65. The first kappa shape index (κ1) is 16.1. The minimum atomic E-state index is -0.633. The Bertz CT molecular complexity index is 485. The van der Waals surface area contributed by atoms with E-state index in [0.29, 0.717) is 13.2 Å². The summed E-state index contributed by atoms with van der Waals surface area (Å²) >= 11 is 0. The number of carbonyl (C=O) groups is 1. The monoisotopic (exact) mass is 274 g/mol. The molecule has 2 N–H and O–H groups in total. The third-order valence-electron chi connectivity index (χ3n) is 2.92. The van der Waals surface area contributed by atoms with Gasteiger partial charge in [0.2, 0.25) is 5.91 Å². The zero-order valence-electron chi connectivity index (χ0n) is 12.3. The van der Waals surface area contributed by atoms with Crippen LogP contribution in [0.15, 0.2) is 18.2 Å². The lowest BCUT2D eigenvalue weighted by Gasteiger charge is -2.20. The first-order valence-electron chi connectivity index (χ1n) is 6.59. The highest BCUT2D eigenvalue weighted by Crippen LogP contribution is 2.16. The second-order valence-electron chi connectivity index (χ2n) is 4.95. The summed E-state index contributed by atoms with van der Waals surface area (Å²) in [7, 11) is 1.70. The van der Waals surface area contributed by atoms with Crippen LogP contribution in [0.5, 0.6) is 5.75 Å². The van der Waals surface area contributed by atoms with E-state index in [0.717, 1.165) is 16.9 Å². The Hall–Kier alpha value is -1.99. The third-order valence-corrected chi connectivity index (χ3v) is 2.92. The van der Waals surface area contributed by atoms with Crippen molar-refractivity contribution in [3.63, 3.8) is 0 Å². The summed E-state index contributed by atoms with van der Waals surface area (Å²) in [4.78, 5) is 13.4. The standard InChI is InChI=1S/C16H22N2O2/c1-5-6-15(17)16(19)18(4)7-8-20-14-10-12(2)9-13(3)11-14/h1,9-11,15H,6-8,17H2,2-4H3. The van der Waals surface area contributed by atoms with Gasteiger partial charge in [-0.05, 0) is 37.1 Å². The predicted octanol–water partition coefficient (Wildman–Crippen LogP) is 1.49. The Balaban J connectivity index is 2.44. The smallest absolute Gasteiger partial charge is 0.240 e. The number of rotatable bonds is 6. The second kappa shape index (κ2) is 7.56. The number of nitrogens with zero attached hydrogens (tertiary/aromatic N) is 1. The number of nitrogens with two attached hydrogens (primary N) is 1. The van der Waals surface area contributed by atoms with Crippen LogP contribution in [-0.2, 0) is 4.79 Å². The Morgan fingerprint density at radius 1 is 1.40 bits per heavy atom. The van der Waals surface area contributed by atoms with Crippen molar-refractivity contribution < 1.29 is 9.53 Å². The Labute approximate surface area is 120 Å². The van der Waals surface area contributed by atoms with Gasteiger partial charge in [0.1, 0.15) is 12.4 Å². The van der Waals surface area contributed by atoms with Crippen molar-refractivity contribution in [2.75, 3.05) is 20.2 Å². The fraction of sp³-hybridized carbons (Fsp3) is 0.438. The number of terminal acetylenes is 1. The summed E-state index contributed by atoms with van der Waals surface area (Å²) in [6.45, 7) is 4.95. The fourth-order valence-electron chi connectivity index (χ4n) is 1.92. The molecular weight excluding hydrogens is 252 g/mol.